The number of nitrogens with zero attached hydrogens (tertiary/aromatic N) is 4. The average Bonchev–Trinajstić information content (AvgIpc) is 3.16. The summed E-state index contributed by atoms with van der Waals surface area (Å²) in [6.45, 7) is 2.87. The molecular weight excluding hydrogens is 290 g/mol. The molecule has 1 aromatic carbocycles. The van der Waals surface area contributed by atoms with E-state index in [9.17, 15) is 4.79 Å². The summed E-state index contributed by atoms with van der Waals surface area (Å²) in [6.07, 6.45) is 3.13. The molecule has 0 unspecified atom stereocenters. The van der Waals surface area contributed by atoms with Crippen LogP contribution in [0.3, 0.4) is 0 Å². The molecule has 0 bridgehead atoms. The molecule has 1 aliphatic rings. The van der Waals surface area contributed by atoms with Gasteiger partial charge in [-0.1, -0.05) is 12.1 Å². The highest BCUT2D eigenvalue weighted by molar-refractivity contribution is 5.76. The lowest BCUT2D eigenvalue weighted by Crippen LogP contribution is -2.28. The molecule has 0 saturated heterocycles. The number of nitrogens with one attached hydrogen (secondary N) is 1. The van der Waals surface area contributed by atoms with E-state index >= 15 is 0 Å². The Kier molecular flexibility index (Phi) is 4.38. The van der Waals surface area contributed by atoms with Crippen LogP contribution >= 0.6 is 0 Å². The number of aromatic nitrogens is 3. The van der Waals surface area contributed by atoms with Crippen LogP contribution in [0.15, 0.2) is 24.3 Å². The highest BCUT2D eigenvalue weighted by atomic mass is 16.1. The van der Waals surface area contributed by atoms with Crippen LogP contribution in [0, 0.1) is 11.3 Å². The Morgan fingerprint density at radius 2 is 2.17 bits per heavy atom. The molecule has 0 saturated carbocycles. The second-order valence-corrected chi connectivity index (χ2v) is 5.83. The lowest BCUT2D eigenvalue weighted by molar-refractivity contribution is -0.121. The topological polar surface area (TPSA) is 83.6 Å². The highest BCUT2D eigenvalue weighted by Gasteiger charge is 2.22. The molecule has 118 valence electrons. The van der Waals surface area contributed by atoms with Gasteiger partial charge in [0.15, 0.2) is 5.82 Å². The Hall–Kier alpha value is -2.68. The van der Waals surface area contributed by atoms with Crippen molar-refractivity contribution in [3.8, 4) is 6.07 Å². The minimum absolute atomic E-state index is 0.00259. The third kappa shape index (κ3) is 3.39. The Bertz CT molecular complexity index is 741. The number of carbonyl (C=O) groups is 1. The molecular formula is C17H19N5O. The molecule has 2 aromatic rings. The van der Waals surface area contributed by atoms with Crippen LogP contribution in [0.25, 0.3) is 0 Å². The molecule has 23 heavy (non-hydrogen) atoms. The van der Waals surface area contributed by atoms with E-state index in [1.165, 1.54) is 0 Å². The van der Waals surface area contributed by atoms with Crippen molar-refractivity contribution in [2.75, 3.05) is 0 Å². The molecule has 2 heterocycles. The first-order valence-corrected chi connectivity index (χ1v) is 7.88. The van der Waals surface area contributed by atoms with E-state index in [1.807, 2.05) is 19.1 Å². The predicted octanol–water partition coefficient (Wildman–Crippen LogP) is 1.91. The van der Waals surface area contributed by atoms with Crippen molar-refractivity contribution >= 4 is 5.91 Å². The Morgan fingerprint density at radius 3 is 2.91 bits per heavy atom. The molecule has 0 radical (unpaired) electrons. The third-order valence-electron chi connectivity index (χ3n) is 4.13. The van der Waals surface area contributed by atoms with Crippen molar-refractivity contribution in [1.82, 2.24) is 20.1 Å². The summed E-state index contributed by atoms with van der Waals surface area (Å²) in [5.41, 5.74) is 1.68. The maximum absolute atomic E-state index is 12.1. The number of carbonyl (C=O) groups excluding carboxylic acids is 1. The first kappa shape index (κ1) is 15.2. The minimum Gasteiger partial charge on any atom is -0.346 e. The predicted molar refractivity (Wildman–Crippen MR) is 84.4 cm³/mol. The van der Waals surface area contributed by atoms with Gasteiger partial charge in [0.05, 0.1) is 17.7 Å². The lowest BCUT2D eigenvalue weighted by Gasteiger charge is -2.14. The fourth-order valence-electron chi connectivity index (χ4n) is 2.88. The number of hydrogen-bond acceptors (Lipinski definition) is 4. The zero-order chi connectivity index (χ0) is 16.2. The van der Waals surface area contributed by atoms with Crippen molar-refractivity contribution in [1.29, 1.82) is 5.26 Å². The molecule has 1 amide bonds. The van der Waals surface area contributed by atoms with Gasteiger partial charge >= 0.3 is 0 Å². The zero-order valence-electron chi connectivity index (χ0n) is 13.1. The van der Waals surface area contributed by atoms with Gasteiger partial charge < -0.3 is 9.88 Å². The van der Waals surface area contributed by atoms with E-state index in [4.69, 9.17) is 5.26 Å². The van der Waals surface area contributed by atoms with Gasteiger partial charge in [-0.15, -0.1) is 10.2 Å². The number of rotatable bonds is 5. The summed E-state index contributed by atoms with van der Waals surface area (Å²) in [7, 11) is 0. The molecule has 0 fully saturated rings. The van der Waals surface area contributed by atoms with Gasteiger partial charge in [-0.3, -0.25) is 4.79 Å². The number of benzene rings is 1. The van der Waals surface area contributed by atoms with Crippen molar-refractivity contribution in [3.05, 3.63) is 47.0 Å². The molecule has 1 N–H and O–H groups in total. The molecule has 1 atom stereocenters. The molecule has 3 rings (SSSR count). The van der Waals surface area contributed by atoms with Gasteiger partial charge in [0, 0.05) is 19.4 Å². The van der Waals surface area contributed by atoms with Crippen molar-refractivity contribution in [2.24, 2.45) is 0 Å². The number of aryl methyl sites for hydroxylation is 2. The molecule has 6 nitrogen and oxygen atoms in total. The van der Waals surface area contributed by atoms with E-state index in [1.54, 1.807) is 12.1 Å². The number of fused-ring (bicyclic) bond motifs is 1. The maximum atomic E-state index is 12.1. The Morgan fingerprint density at radius 1 is 1.39 bits per heavy atom. The minimum atomic E-state index is -0.136. The SMILES string of the molecule is C[C@@H](NC(=O)CCc1ccc(C#N)cc1)c1nnc2n1CCC2. The van der Waals surface area contributed by atoms with E-state index < -0.39 is 0 Å². The monoisotopic (exact) mass is 309 g/mol. The summed E-state index contributed by atoms with van der Waals surface area (Å²) < 4.78 is 2.10. The zero-order valence-corrected chi connectivity index (χ0v) is 13.1. The largest absolute Gasteiger partial charge is 0.346 e. The summed E-state index contributed by atoms with van der Waals surface area (Å²) in [6, 6.07) is 9.28. The first-order valence-electron chi connectivity index (χ1n) is 7.88. The fourth-order valence-corrected chi connectivity index (χ4v) is 2.88. The Balaban J connectivity index is 1.53. The molecule has 6 heteroatoms. The van der Waals surface area contributed by atoms with Crippen LogP contribution < -0.4 is 5.32 Å². The Labute approximate surface area is 135 Å². The summed E-state index contributed by atoms with van der Waals surface area (Å²) >= 11 is 0. The van der Waals surface area contributed by atoms with Crippen LogP contribution in [0.2, 0.25) is 0 Å². The number of nitriles is 1. The van der Waals surface area contributed by atoms with Gasteiger partial charge in [-0.2, -0.15) is 5.26 Å². The maximum Gasteiger partial charge on any atom is 0.220 e. The van der Waals surface area contributed by atoms with Gasteiger partial charge in [0.2, 0.25) is 5.91 Å². The van der Waals surface area contributed by atoms with E-state index in [0.717, 1.165) is 36.6 Å². The molecule has 0 spiro atoms. The molecule has 0 aliphatic carbocycles. The van der Waals surface area contributed by atoms with Crippen LogP contribution in [-0.2, 0) is 24.2 Å². The standard InChI is InChI=1S/C17H19N5O/c1-12(17-21-20-15-3-2-10-22(15)17)19-16(23)9-8-13-4-6-14(11-18)7-5-13/h4-7,12H,2-3,8-10H2,1H3,(H,19,23)/t12-/m1/s1. The second kappa shape index (κ2) is 6.61. The van der Waals surface area contributed by atoms with Crippen molar-refractivity contribution in [3.63, 3.8) is 0 Å². The van der Waals surface area contributed by atoms with Crippen LogP contribution in [0.5, 0.6) is 0 Å². The van der Waals surface area contributed by atoms with Crippen molar-refractivity contribution < 1.29 is 4.79 Å². The number of hydrogen-bond donors (Lipinski definition) is 1. The molecule has 1 aliphatic heterocycles. The van der Waals surface area contributed by atoms with Gasteiger partial charge in [-0.05, 0) is 37.5 Å². The molecule has 1 aromatic heterocycles. The van der Waals surface area contributed by atoms with E-state index in [-0.39, 0.29) is 11.9 Å². The third-order valence-corrected chi connectivity index (χ3v) is 4.13. The lowest BCUT2D eigenvalue weighted by atomic mass is 10.1. The summed E-state index contributed by atoms with van der Waals surface area (Å²) in [5, 5.41) is 20.1. The van der Waals surface area contributed by atoms with Crippen LogP contribution in [0.1, 0.15) is 48.6 Å². The van der Waals surface area contributed by atoms with Gasteiger partial charge in [-0.25, -0.2) is 0 Å². The smallest absolute Gasteiger partial charge is 0.220 e. The summed E-state index contributed by atoms with van der Waals surface area (Å²) in [5.74, 6) is 1.85. The highest BCUT2D eigenvalue weighted by Crippen LogP contribution is 2.19. The van der Waals surface area contributed by atoms with E-state index in [0.29, 0.717) is 18.4 Å². The fraction of sp³-hybridized carbons (Fsp3) is 0.412. The normalized spacial score (nSPS) is 14.1. The van der Waals surface area contributed by atoms with Crippen LogP contribution in [0.4, 0.5) is 0 Å². The van der Waals surface area contributed by atoms with Gasteiger partial charge in [0.25, 0.3) is 0 Å². The quantitative estimate of drug-likeness (QED) is 0.914. The van der Waals surface area contributed by atoms with E-state index in [2.05, 4.69) is 26.2 Å². The summed E-state index contributed by atoms with van der Waals surface area (Å²) in [4.78, 5) is 12.1. The second-order valence-electron chi connectivity index (χ2n) is 5.83. The average molecular weight is 309 g/mol. The first-order chi connectivity index (χ1) is 11.2. The number of amides is 1. The van der Waals surface area contributed by atoms with Crippen LogP contribution in [-0.4, -0.2) is 20.7 Å². The van der Waals surface area contributed by atoms with Gasteiger partial charge in [0.1, 0.15) is 5.82 Å². The van der Waals surface area contributed by atoms with Crippen molar-refractivity contribution in [2.45, 2.75) is 45.2 Å².